The molecule has 0 spiro atoms. The number of nitrogens with zero attached hydrogens (tertiary/aromatic N) is 1. The third-order valence-electron chi connectivity index (χ3n) is 4.15. The SMILES string of the molecule is CC(=O)c1ccc(NCCC2CCN(C)CC2)cc1N. The Balaban J connectivity index is 1.79. The topological polar surface area (TPSA) is 58.4 Å². The monoisotopic (exact) mass is 275 g/mol. The zero-order valence-electron chi connectivity index (χ0n) is 12.5. The Morgan fingerprint density at radius 3 is 2.70 bits per heavy atom. The number of anilines is 2. The zero-order chi connectivity index (χ0) is 14.5. The molecule has 0 atom stereocenters. The Kier molecular flexibility index (Phi) is 5.01. The summed E-state index contributed by atoms with van der Waals surface area (Å²) in [6, 6.07) is 5.59. The summed E-state index contributed by atoms with van der Waals surface area (Å²) in [4.78, 5) is 13.7. The first-order chi connectivity index (χ1) is 9.56. The molecule has 110 valence electrons. The van der Waals surface area contributed by atoms with Crippen molar-refractivity contribution >= 4 is 17.2 Å². The van der Waals surface area contributed by atoms with Crippen LogP contribution in [0, 0.1) is 5.92 Å². The van der Waals surface area contributed by atoms with Crippen molar-refractivity contribution < 1.29 is 4.79 Å². The molecule has 0 unspecified atom stereocenters. The van der Waals surface area contributed by atoms with Crippen molar-refractivity contribution in [3.05, 3.63) is 23.8 Å². The summed E-state index contributed by atoms with van der Waals surface area (Å²) in [5.41, 5.74) is 8.05. The van der Waals surface area contributed by atoms with Gasteiger partial charge in [0.05, 0.1) is 0 Å². The third-order valence-corrected chi connectivity index (χ3v) is 4.15. The molecule has 0 aliphatic carbocycles. The second-order valence-corrected chi connectivity index (χ2v) is 5.82. The first-order valence-corrected chi connectivity index (χ1v) is 7.39. The number of likely N-dealkylation sites (tertiary alicyclic amines) is 1. The van der Waals surface area contributed by atoms with Gasteiger partial charge in [-0.05, 0) is 70.4 Å². The van der Waals surface area contributed by atoms with E-state index in [4.69, 9.17) is 5.73 Å². The van der Waals surface area contributed by atoms with Gasteiger partial charge in [-0.25, -0.2) is 0 Å². The number of hydrogen-bond donors (Lipinski definition) is 2. The highest BCUT2D eigenvalue weighted by Gasteiger charge is 2.15. The van der Waals surface area contributed by atoms with Crippen molar-refractivity contribution in [2.75, 3.05) is 37.7 Å². The van der Waals surface area contributed by atoms with Crippen LogP contribution in [0.25, 0.3) is 0 Å². The number of benzene rings is 1. The molecular formula is C16H25N3O. The number of hydrogen-bond acceptors (Lipinski definition) is 4. The Bertz CT molecular complexity index is 465. The van der Waals surface area contributed by atoms with E-state index < -0.39 is 0 Å². The first kappa shape index (κ1) is 14.9. The summed E-state index contributed by atoms with van der Waals surface area (Å²) in [5.74, 6) is 0.841. The highest BCUT2D eigenvalue weighted by atomic mass is 16.1. The first-order valence-electron chi connectivity index (χ1n) is 7.39. The van der Waals surface area contributed by atoms with Gasteiger partial charge in [-0.3, -0.25) is 4.79 Å². The molecule has 1 aromatic rings. The average Bonchev–Trinajstić information content (AvgIpc) is 2.41. The lowest BCUT2D eigenvalue weighted by Crippen LogP contribution is -2.30. The van der Waals surface area contributed by atoms with E-state index in [2.05, 4.69) is 17.3 Å². The number of piperidine rings is 1. The summed E-state index contributed by atoms with van der Waals surface area (Å²) in [7, 11) is 2.19. The van der Waals surface area contributed by atoms with E-state index >= 15 is 0 Å². The number of nitrogen functional groups attached to an aromatic ring is 1. The molecule has 1 heterocycles. The molecule has 2 rings (SSSR count). The van der Waals surface area contributed by atoms with Crippen molar-refractivity contribution in [2.24, 2.45) is 5.92 Å². The fourth-order valence-electron chi connectivity index (χ4n) is 2.76. The Labute approximate surface area is 121 Å². The molecular weight excluding hydrogens is 250 g/mol. The quantitative estimate of drug-likeness (QED) is 0.640. The molecule has 4 heteroatoms. The van der Waals surface area contributed by atoms with Gasteiger partial charge in [0.15, 0.2) is 5.78 Å². The minimum Gasteiger partial charge on any atom is -0.398 e. The number of ketones is 1. The van der Waals surface area contributed by atoms with Gasteiger partial charge in [0, 0.05) is 23.5 Å². The van der Waals surface area contributed by atoms with Crippen molar-refractivity contribution in [3.63, 3.8) is 0 Å². The highest BCUT2D eigenvalue weighted by molar-refractivity contribution is 5.99. The van der Waals surface area contributed by atoms with Crippen molar-refractivity contribution in [2.45, 2.75) is 26.2 Å². The molecule has 1 saturated heterocycles. The smallest absolute Gasteiger partial charge is 0.161 e. The Morgan fingerprint density at radius 1 is 1.40 bits per heavy atom. The summed E-state index contributed by atoms with van der Waals surface area (Å²) in [6.07, 6.45) is 3.79. The van der Waals surface area contributed by atoms with Gasteiger partial charge in [0.25, 0.3) is 0 Å². The van der Waals surface area contributed by atoms with E-state index in [0.717, 1.165) is 18.2 Å². The maximum atomic E-state index is 11.3. The number of nitrogens with one attached hydrogen (secondary N) is 1. The lowest BCUT2D eigenvalue weighted by Gasteiger charge is -2.29. The molecule has 0 amide bonds. The molecule has 4 nitrogen and oxygen atoms in total. The second kappa shape index (κ2) is 6.75. The van der Waals surface area contributed by atoms with Crippen LogP contribution < -0.4 is 11.1 Å². The van der Waals surface area contributed by atoms with Crippen LogP contribution in [0.15, 0.2) is 18.2 Å². The van der Waals surface area contributed by atoms with E-state index in [1.54, 1.807) is 13.0 Å². The molecule has 1 fully saturated rings. The number of carbonyl (C=O) groups excluding carboxylic acids is 1. The van der Waals surface area contributed by atoms with Gasteiger partial charge in [-0.2, -0.15) is 0 Å². The van der Waals surface area contributed by atoms with E-state index in [-0.39, 0.29) is 5.78 Å². The Hall–Kier alpha value is -1.55. The van der Waals surface area contributed by atoms with Gasteiger partial charge in [-0.15, -0.1) is 0 Å². The van der Waals surface area contributed by atoms with Crippen LogP contribution in [0.4, 0.5) is 11.4 Å². The number of Topliss-reactive ketones (excluding diaryl/α,β-unsaturated/α-hetero) is 1. The summed E-state index contributed by atoms with van der Waals surface area (Å²) >= 11 is 0. The predicted octanol–water partition coefficient (Wildman–Crippen LogP) is 2.62. The van der Waals surface area contributed by atoms with Gasteiger partial charge in [0.1, 0.15) is 0 Å². The van der Waals surface area contributed by atoms with Crippen LogP contribution in [0.2, 0.25) is 0 Å². The van der Waals surface area contributed by atoms with E-state index in [1.807, 2.05) is 12.1 Å². The Morgan fingerprint density at radius 2 is 2.10 bits per heavy atom. The predicted molar refractivity (Wildman–Crippen MR) is 84.2 cm³/mol. The van der Waals surface area contributed by atoms with Crippen LogP contribution in [0.3, 0.4) is 0 Å². The molecule has 0 saturated carbocycles. The minimum atomic E-state index is 0.0142. The molecule has 1 aliphatic heterocycles. The van der Waals surface area contributed by atoms with Gasteiger partial charge >= 0.3 is 0 Å². The van der Waals surface area contributed by atoms with Crippen LogP contribution in [0.1, 0.15) is 36.5 Å². The van der Waals surface area contributed by atoms with Crippen molar-refractivity contribution in [3.8, 4) is 0 Å². The molecule has 0 bridgehead atoms. The largest absolute Gasteiger partial charge is 0.398 e. The third kappa shape index (κ3) is 3.97. The van der Waals surface area contributed by atoms with Crippen LogP contribution in [0.5, 0.6) is 0 Å². The molecule has 3 N–H and O–H groups in total. The van der Waals surface area contributed by atoms with Gasteiger partial charge < -0.3 is 16.0 Å². The number of nitrogens with two attached hydrogens (primary N) is 1. The number of carbonyl (C=O) groups is 1. The standard InChI is InChI=1S/C16H25N3O/c1-12(20)15-4-3-14(11-16(15)17)18-8-5-13-6-9-19(2)10-7-13/h3-4,11,13,18H,5-10,17H2,1-2H3. The molecule has 0 aromatic heterocycles. The zero-order valence-corrected chi connectivity index (χ0v) is 12.5. The fourth-order valence-corrected chi connectivity index (χ4v) is 2.76. The lowest BCUT2D eigenvalue weighted by atomic mass is 9.94. The summed E-state index contributed by atoms with van der Waals surface area (Å²) in [6.45, 7) is 4.93. The highest BCUT2D eigenvalue weighted by Crippen LogP contribution is 2.21. The summed E-state index contributed by atoms with van der Waals surface area (Å²) in [5, 5.41) is 3.41. The van der Waals surface area contributed by atoms with Crippen molar-refractivity contribution in [1.29, 1.82) is 0 Å². The maximum absolute atomic E-state index is 11.3. The lowest BCUT2D eigenvalue weighted by molar-refractivity contribution is 0.101. The molecule has 0 radical (unpaired) electrons. The molecule has 1 aliphatic rings. The normalized spacial score (nSPS) is 17.1. The van der Waals surface area contributed by atoms with Crippen LogP contribution in [-0.4, -0.2) is 37.4 Å². The second-order valence-electron chi connectivity index (χ2n) is 5.82. The number of rotatable bonds is 5. The average molecular weight is 275 g/mol. The van der Waals surface area contributed by atoms with E-state index in [9.17, 15) is 4.79 Å². The van der Waals surface area contributed by atoms with Gasteiger partial charge in [0.2, 0.25) is 0 Å². The minimum absolute atomic E-state index is 0.0142. The summed E-state index contributed by atoms with van der Waals surface area (Å²) < 4.78 is 0. The molecule has 1 aromatic carbocycles. The van der Waals surface area contributed by atoms with Crippen molar-refractivity contribution in [1.82, 2.24) is 4.90 Å². The van der Waals surface area contributed by atoms with E-state index in [1.165, 1.54) is 32.4 Å². The van der Waals surface area contributed by atoms with Gasteiger partial charge in [-0.1, -0.05) is 0 Å². The molecule has 20 heavy (non-hydrogen) atoms. The van der Waals surface area contributed by atoms with Crippen LogP contribution >= 0.6 is 0 Å². The van der Waals surface area contributed by atoms with Crippen LogP contribution in [-0.2, 0) is 0 Å². The fraction of sp³-hybridized carbons (Fsp3) is 0.562. The maximum Gasteiger partial charge on any atom is 0.161 e. The van der Waals surface area contributed by atoms with E-state index in [0.29, 0.717) is 11.3 Å².